The maximum absolute atomic E-state index is 13.5. The van der Waals surface area contributed by atoms with E-state index in [1.807, 2.05) is 0 Å². The second-order valence-corrected chi connectivity index (χ2v) is 6.15. The Morgan fingerprint density at radius 3 is 2.83 bits per heavy atom. The highest BCUT2D eigenvalue weighted by molar-refractivity contribution is 6.30. The Morgan fingerprint density at radius 2 is 2.17 bits per heavy atom. The highest BCUT2D eigenvalue weighted by atomic mass is 35.5. The molecular weight excluding hydrogens is 323 g/mol. The molecular formula is C15H18ClFN4O2. The summed E-state index contributed by atoms with van der Waals surface area (Å²) < 4.78 is 15.0. The number of aromatic nitrogens is 2. The fourth-order valence-electron chi connectivity index (χ4n) is 1.83. The SMILES string of the molecule is CC(C)(O)CNC(=O)Nc1ccnn1Cc1ccc(Cl)c(F)c1. The van der Waals surface area contributed by atoms with Crippen LogP contribution in [0.1, 0.15) is 19.4 Å². The molecule has 2 amide bonds. The third kappa shape index (κ3) is 5.22. The molecule has 0 radical (unpaired) electrons. The summed E-state index contributed by atoms with van der Waals surface area (Å²) in [7, 11) is 0. The van der Waals surface area contributed by atoms with Crippen molar-refractivity contribution in [3.63, 3.8) is 0 Å². The molecule has 2 rings (SSSR count). The molecule has 3 N–H and O–H groups in total. The average molecular weight is 341 g/mol. The molecule has 0 spiro atoms. The third-order valence-corrected chi connectivity index (χ3v) is 3.26. The first-order valence-corrected chi connectivity index (χ1v) is 7.35. The molecule has 23 heavy (non-hydrogen) atoms. The maximum Gasteiger partial charge on any atom is 0.320 e. The summed E-state index contributed by atoms with van der Waals surface area (Å²) in [5, 5.41) is 18.9. The van der Waals surface area contributed by atoms with Crippen molar-refractivity contribution in [1.29, 1.82) is 0 Å². The lowest BCUT2D eigenvalue weighted by Crippen LogP contribution is -2.40. The highest BCUT2D eigenvalue weighted by Crippen LogP contribution is 2.17. The number of urea groups is 1. The zero-order valence-electron chi connectivity index (χ0n) is 12.8. The maximum atomic E-state index is 13.5. The molecule has 1 heterocycles. The number of aliphatic hydroxyl groups is 1. The van der Waals surface area contributed by atoms with Crippen molar-refractivity contribution in [2.24, 2.45) is 0 Å². The van der Waals surface area contributed by atoms with Crippen LogP contribution in [0.2, 0.25) is 5.02 Å². The van der Waals surface area contributed by atoms with Crippen LogP contribution in [-0.2, 0) is 6.54 Å². The molecule has 1 aromatic carbocycles. The van der Waals surface area contributed by atoms with Crippen molar-refractivity contribution < 1.29 is 14.3 Å². The molecule has 0 bridgehead atoms. The second-order valence-electron chi connectivity index (χ2n) is 5.74. The van der Waals surface area contributed by atoms with Crippen molar-refractivity contribution in [2.45, 2.75) is 26.0 Å². The number of carbonyl (C=O) groups is 1. The van der Waals surface area contributed by atoms with Gasteiger partial charge in [-0.3, -0.25) is 5.32 Å². The van der Waals surface area contributed by atoms with Gasteiger partial charge in [-0.05, 0) is 31.5 Å². The second kappa shape index (κ2) is 6.97. The first-order chi connectivity index (χ1) is 10.7. The Balaban J connectivity index is 2.01. The van der Waals surface area contributed by atoms with Gasteiger partial charge in [-0.1, -0.05) is 17.7 Å². The van der Waals surface area contributed by atoms with Gasteiger partial charge >= 0.3 is 6.03 Å². The molecule has 0 saturated carbocycles. The van der Waals surface area contributed by atoms with E-state index in [2.05, 4.69) is 15.7 Å². The summed E-state index contributed by atoms with van der Waals surface area (Å²) in [5.74, 6) is -0.0534. The van der Waals surface area contributed by atoms with E-state index >= 15 is 0 Å². The van der Waals surface area contributed by atoms with Crippen molar-refractivity contribution >= 4 is 23.4 Å². The minimum atomic E-state index is -1.00. The van der Waals surface area contributed by atoms with Crippen molar-refractivity contribution in [1.82, 2.24) is 15.1 Å². The lowest BCUT2D eigenvalue weighted by molar-refractivity contribution is 0.0826. The van der Waals surface area contributed by atoms with Gasteiger partial charge in [0, 0.05) is 12.6 Å². The number of nitrogens with one attached hydrogen (secondary N) is 2. The molecule has 0 atom stereocenters. The van der Waals surface area contributed by atoms with E-state index in [-0.39, 0.29) is 18.1 Å². The summed E-state index contributed by atoms with van der Waals surface area (Å²) >= 11 is 5.65. The fraction of sp³-hybridized carbons (Fsp3) is 0.333. The summed E-state index contributed by atoms with van der Waals surface area (Å²) in [6, 6.07) is 5.64. The first-order valence-electron chi connectivity index (χ1n) is 6.97. The van der Waals surface area contributed by atoms with Gasteiger partial charge in [-0.15, -0.1) is 0 Å². The van der Waals surface area contributed by atoms with Crippen LogP contribution in [0.15, 0.2) is 30.5 Å². The van der Waals surface area contributed by atoms with E-state index in [0.29, 0.717) is 11.4 Å². The van der Waals surface area contributed by atoms with Crippen LogP contribution in [0.4, 0.5) is 15.0 Å². The number of hydrogen-bond acceptors (Lipinski definition) is 3. The number of rotatable bonds is 5. The predicted molar refractivity (Wildman–Crippen MR) is 86.1 cm³/mol. The third-order valence-electron chi connectivity index (χ3n) is 2.96. The van der Waals surface area contributed by atoms with Crippen LogP contribution < -0.4 is 10.6 Å². The van der Waals surface area contributed by atoms with Crippen LogP contribution in [0.3, 0.4) is 0 Å². The normalized spacial score (nSPS) is 11.3. The first kappa shape index (κ1) is 17.2. The van der Waals surface area contributed by atoms with Crippen molar-refractivity contribution in [3.05, 3.63) is 46.9 Å². The Hall–Kier alpha value is -2.12. The molecule has 2 aromatic rings. The van der Waals surface area contributed by atoms with Gasteiger partial charge in [-0.2, -0.15) is 5.10 Å². The smallest absolute Gasteiger partial charge is 0.320 e. The zero-order chi connectivity index (χ0) is 17.0. The zero-order valence-corrected chi connectivity index (χ0v) is 13.6. The number of anilines is 1. The van der Waals surface area contributed by atoms with Gasteiger partial charge in [0.2, 0.25) is 0 Å². The highest BCUT2D eigenvalue weighted by Gasteiger charge is 2.15. The Bertz CT molecular complexity index is 697. The minimum absolute atomic E-state index is 0.0542. The Morgan fingerprint density at radius 1 is 1.43 bits per heavy atom. The molecule has 8 heteroatoms. The van der Waals surface area contributed by atoms with Gasteiger partial charge < -0.3 is 10.4 Å². The Kier molecular flexibility index (Phi) is 5.23. The molecule has 0 fully saturated rings. The van der Waals surface area contributed by atoms with E-state index in [0.717, 1.165) is 0 Å². The quantitative estimate of drug-likeness (QED) is 0.782. The van der Waals surface area contributed by atoms with E-state index in [1.165, 1.54) is 23.0 Å². The number of benzene rings is 1. The molecule has 1 aromatic heterocycles. The van der Waals surface area contributed by atoms with Crippen LogP contribution in [-0.4, -0.2) is 33.1 Å². The fourth-order valence-corrected chi connectivity index (χ4v) is 1.95. The van der Waals surface area contributed by atoms with E-state index in [1.54, 1.807) is 26.0 Å². The van der Waals surface area contributed by atoms with Crippen molar-refractivity contribution in [3.8, 4) is 0 Å². The number of hydrogen-bond donors (Lipinski definition) is 3. The van der Waals surface area contributed by atoms with Crippen LogP contribution in [0, 0.1) is 5.82 Å². The number of carbonyl (C=O) groups excluding carboxylic acids is 1. The molecule has 0 unspecified atom stereocenters. The Labute approximate surface area is 138 Å². The summed E-state index contributed by atoms with van der Waals surface area (Å²) in [5.41, 5.74) is -0.339. The van der Waals surface area contributed by atoms with E-state index < -0.39 is 17.4 Å². The molecule has 0 aliphatic carbocycles. The lowest BCUT2D eigenvalue weighted by atomic mass is 10.1. The van der Waals surface area contributed by atoms with Crippen LogP contribution >= 0.6 is 11.6 Å². The van der Waals surface area contributed by atoms with Crippen molar-refractivity contribution in [2.75, 3.05) is 11.9 Å². The van der Waals surface area contributed by atoms with E-state index in [9.17, 15) is 14.3 Å². The standard InChI is InChI=1S/C15H18ClFN4O2/c1-15(2,23)9-18-14(22)20-13-5-6-19-21(13)8-10-3-4-11(16)12(17)7-10/h3-7,23H,8-9H2,1-2H3,(H2,18,20,22). The van der Waals surface area contributed by atoms with Gasteiger partial charge in [0.25, 0.3) is 0 Å². The number of amides is 2. The number of nitrogens with zero attached hydrogens (tertiary/aromatic N) is 2. The molecule has 0 aliphatic heterocycles. The van der Waals surface area contributed by atoms with Crippen LogP contribution in [0.5, 0.6) is 0 Å². The summed E-state index contributed by atoms with van der Waals surface area (Å²) in [4.78, 5) is 11.8. The largest absolute Gasteiger partial charge is 0.389 e. The predicted octanol–water partition coefficient (Wildman–Crippen LogP) is 2.62. The molecule has 0 saturated heterocycles. The topological polar surface area (TPSA) is 79.2 Å². The summed E-state index contributed by atoms with van der Waals surface area (Å²) in [6.07, 6.45) is 1.53. The summed E-state index contributed by atoms with van der Waals surface area (Å²) in [6.45, 7) is 3.57. The van der Waals surface area contributed by atoms with Gasteiger partial charge in [0.15, 0.2) is 0 Å². The molecule has 124 valence electrons. The van der Waals surface area contributed by atoms with Gasteiger partial charge in [0.05, 0.1) is 23.4 Å². The molecule has 6 nitrogen and oxygen atoms in total. The minimum Gasteiger partial charge on any atom is -0.389 e. The lowest BCUT2D eigenvalue weighted by Gasteiger charge is -2.18. The van der Waals surface area contributed by atoms with Gasteiger partial charge in [-0.25, -0.2) is 13.9 Å². The van der Waals surface area contributed by atoms with Gasteiger partial charge in [0.1, 0.15) is 11.6 Å². The molecule has 0 aliphatic rings. The number of halogens is 2. The monoisotopic (exact) mass is 340 g/mol. The van der Waals surface area contributed by atoms with Crippen LogP contribution in [0.25, 0.3) is 0 Å². The van der Waals surface area contributed by atoms with E-state index in [4.69, 9.17) is 11.6 Å². The average Bonchev–Trinajstić information content (AvgIpc) is 2.87.